The van der Waals surface area contributed by atoms with E-state index in [0.717, 1.165) is 17.1 Å². The van der Waals surface area contributed by atoms with E-state index in [1.54, 1.807) is 0 Å². The highest BCUT2D eigenvalue weighted by Crippen LogP contribution is 2.57. The number of para-hydroxylation sites is 2. The summed E-state index contributed by atoms with van der Waals surface area (Å²) in [6.45, 7) is 0. The summed E-state index contributed by atoms with van der Waals surface area (Å²) in [7, 11) is 0. The van der Waals surface area contributed by atoms with Crippen LogP contribution in [0.1, 0.15) is 22.3 Å². The van der Waals surface area contributed by atoms with Crippen molar-refractivity contribution in [3.63, 3.8) is 0 Å². The molecule has 67 heavy (non-hydrogen) atoms. The number of hydrogen-bond acceptors (Lipinski definition) is 1. The van der Waals surface area contributed by atoms with Crippen molar-refractivity contribution in [3.8, 4) is 39.1 Å². The summed E-state index contributed by atoms with van der Waals surface area (Å²) in [5, 5.41) is 5.07. The minimum atomic E-state index is -0.482. The van der Waals surface area contributed by atoms with Crippen LogP contribution in [0.25, 0.3) is 71.6 Å². The normalized spacial score (nSPS) is 12.6. The van der Waals surface area contributed by atoms with E-state index in [0.29, 0.717) is 0 Å². The van der Waals surface area contributed by atoms with Gasteiger partial charge in [-0.2, -0.15) is 0 Å². The van der Waals surface area contributed by atoms with E-state index >= 15 is 0 Å². The molecule has 0 aliphatic heterocycles. The van der Waals surface area contributed by atoms with Gasteiger partial charge >= 0.3 is 0 Å². The predicted molar refractivity (Wildman–Crippen MR) is 281 cm³/mol. The van der Waals surface area contributed by atoms with Crippen molar-refractivity contribution in [1.82, 2.24) is 4.57 Å². The van der Waals surface area contributed by atoms with Gasteiger partial charge < -0.3 is 9.47 Å². The number of anilines is 3. The third-order valence-electron chi connectivity index (χ3n) is 14.1. The molecule has 0 radical (unpaired) electrons. The van der Waals surface area contributed by atoms with Gasteiger partial charge in [-0.25, -0.2) is 0 Å². The molecule has 0 fully saturated rings. The zero-order chi connectivity index (χ0) is 44.3. The summed E-state index contributed by atoms with van der Waals surface area (Å²) in [6, 6.07) is 97.9. The van der Waals surface area contributed by atoms with Gasteiger partial charge in [-0.1, -0.05) is 200 Å². The predicted octanol–water partition coefficient (Wildman–Crippen LogP) is 17.1. The van der Waals surface area contributed by atoms with E-state index in [1.807, 2.05) is 0 Å². The Hall–Kier alpha value is -8.72. The first-order valence-corrected chi connectivity index (χ1v) is 23.2. The second-order valence-electron chi connectivity index (χ2n) is 17.6. The fraction of sp³-hybridized carbons (Fsp3) is 0.0154. The van der Waals surface area contributed by atoms with Crippen LogP contribution in [0.15, 0.2) is 267 Å². The fourth-order valence-corrected chi connectivity index (χ4v) is 11.1. The lowest BCUT2D eigenvalue weighted by Gasteiger charge is -2.35. The van der Waals surface area contributed by atoms with Crippen LogP contribution in [0.5, 0.6) is 0 Å². The zero-order valence-electron chi connectivity index (χ0n) is 36.8. The smallest absolute Gasteiger partial charge is 0.0714 e. The van der Waals surface area contributed by atoms with Crippen molar-refractivity contribution >= 4 is 49.6 Å². The molecule has 314 valence electrons. The van der Waals surface area contributed by atoms with Gasteiger partial charge in [0.05, 0.1) is 16.4 Å². The molecule has 11 aromatic carbocycles. The van der Waals surface area contributed by atoms with Crippen LogP contribution >= 0.6 is 0 Å². The second-order valence-corrected chi connectivity index (χ2v) is 17.6. The molecule has 12 aromatic rings. The van der Waals surface area contributed by atoms with Gasteiger partial charge in [0, 0.05) is 33.5 Å². The van der Waals surface area contributed by atoms with Gasteiger partial charge in [0.1, 0.15) is 0 Å². The van der Waals surface area contributed by atoms with Crippen LogP contribution in [0.2, 0.25) is 0 Å². The van der Waals surface area contributed by atoms with E-state index in [9.17, 15) is 0 Å². The Morgan fingerprint density at radius 1 is 0.313 bits per heavy atom. The van der Waals surface area contributed by atoms with E-state index in [4.69, 9.17) is 0 Å². The molecule has 1 heterocycles. The summed E-state index contributed by atoms with van der Waals surface area (Å²) >= 11 is 0. The van der Waals surface area contributed by atoms with Gasteiger partial charge in [-0.05, 0) is 133 Å². The van der Waals surface area contributed by atoms with Crippen LogP contribution in [0.4, 0.5) is 17.1 Å². The molecule has 1 aromatic heterocycles. The fourth-order valence-electron chi connectivity index (χ4n) is 11.1. The Bertz CT molecular complexity index is 3720. The van der Waals surface area contributed by atoms with Crippen LogP contribution < -0.4 is 4.90 Å². The highest BCUT2D eigenvalue weighted by atomic mass is 15.1. The molecule has 0 unspecified atom stereocenters. The lowest BCUT2D eigenvalue weighted by atomic mass is 9.67. The number of fused-ring (bicyclic) bond motifs is 8. The topological polar surface area (TPSA) is 8.17 Å². The number of nitrogens with zero attached hydrogens (tertiary/aromatic N) is 2. The molecular formula is C65H44N2. The molecular weight excluding hydrogens is 809 g/mol. The van der Waals surface area contributed by atoms with Crippen molar-refractivity contribution in [3.05, 3.63) is 289 Å². The Labute approximate surface area is 390 Å². The Balaban J connectivity index is 0.878. The first kappa shape index (κ1) is 38.7. The highest BCUT2D eigenvalue weighted by Gasteiger charge is 2.46. The molecule has 2 heteroatoms. The van der Waals surface area contributed by atoms with Crippen molar-refractivity contribution in [2.75, 3.05) is 4.90 Å². The monoisotopic (exact) mass is 852 g/mol. The molecule has 1 aliphatic carbocycles. The Morgan fingerprint density at radius 2 is 0.821 bits per heavy atom. The number of aromatic nitrogens is 1. The third kappa shape index (κ3) is 6.18. The van der Waals surface area contributed by atoms with Gasteiger partial charge in [0.15, 0.2) is 0 Å². The average Bonchev–Trinajstić information content (AvgIpc) is 3.90. The maximum absolute atomic E-state index is 2.44. The van der Waals surface area contributed by atoms with Crippen LogP contribution in [0, 0.1) is 0 Å². The van der Waals surface area contributed by atoms with Crippen LogP contribution in [-0.2, 0) is 5.41 Å². The molecule has 0 atom stereocenters. The second kappa shape index (κ2) is 15.8. The van der Waals surface area contributed by atoms with Gasteiger partial charge in [0.25, 0.3) is 0 Å². The molecule has 0 saturated carbocycles. The molecule has 0 spiro atoms. The van der Waals surface area contributed by atoms with Crippen molar-refractivity contribution in [2.45, 2.75) is 5.41 Å². The first-order valence-electron chi connectivity index (χ1n) is 23.2. The van der Waals surface area contributed by atoms with Crippen LogP contribution in [-0.4, -0.2) is 4.57 Å². The summed E-state index contributed by atoms with van der Waals surface area (Å²) in [6.07, 6.45) is 0. The lowest BCUT2D eigenvalue weighted by molar-refractivity contribution is 0.768. The van der Waals surface area contributed by atoms with E-state index in [2.05, 4.69) is 276 Å². The zero-order valence-corrected chi connectivity index (χ0v) is 36.8. The van der Waals surface area contributed by atoms with Crippen molar-refractivity contribution < 1.29 is 0 Å². The van der Waals surface area contributed by atoms with Gasteiger partial charge in [-0.15, -0.1) is 0 Å². The summed E-state index contributed by atoms with van der Waals surface area (Å²) < 4.78 is 2.40. The molecule has 0 N–H and O–H groups in total. The van der Waals surface area contributed by atoms with E-state index < -0.39 is 5.41 Å². The molecule has 13 rings (SSSR count). The maximum Gasteiger partial charge on any atom is 0.0714 e. The summed E-state index contributed by atoms with van der Waals surface area (Å²) in [4.78, 5) is 2.39. The first-order chi connectivity index (χ1) is 33.2. The number of hydrogen-bond donors (Lipinski definition) is 0. The third-order valence-corrected chi connectivity index (χ3v) is 14.1. The molecule has 1 aliphatic rings. The molecule has 2 nitrogen and oxygen atoms in total. The molecule has 0 saturated heterocycles. The molecule has 0 bridgehead atoms. The Kier molecular flexibility index (Phi) is 9.11. The van der Waals surface area contributed by atoms with Crippen LogP contribution in [0.3, 0.4) is 0 Å². The number of benzene rings is 11. The number of rotatable bonds is 8. The van der Waals surface area contributed by atoms with E-state index in [1.165, 1.54) is 93.9 Å². The quantitative estimate of drug-likeness (QED) is 0.148. The lowest BCUT2D eigenvalue weighted by Crippen LogP contribution is -2.28. The highest BCUT2D eigenvalue weighted by molar-refractivity contribution is 6.22. The minimum absolute atomic E-state index is 0.482. The summed E-state index contributed by atoms with van der Waals surface area (Å²) in [5.41, 5.74) is 18.9. The van der Waals surface area contributed by atoms with E-state index in [-0.39, 0.29) is 0 Å². The Morgan fingerprint density at radius 3 is 1.52 bits per heavy atom. The van der Waals surface area contributed by atoms with Gasteiger partial charge in [-0.3, -0.25) is 0 Å². The van der Waals surface area contributed by atoms with Crippen molar-refractivity contribution in [1.29, 1.82) is 0 Å². The minimum Gasteiger partial charge on any atom is -0.310 e. The van der Waals surface area contributed by atoms with Crippen molar-refractivity contribution in [2.24, 2.45) is 0 Å². The van der Waals surface area contributed by atoms with Gasteiger partial charge in [0.2, 0.25) is 0 Å². The summed E-state index contributed by atoms with van der Waals surface area (Å²) in [5.74, 6) is 0. The molecule has 0 amide bonds. The SMILES string of the molecule is c1ccc(N(c2ccc(-c3ccc(-c4ccc5c(c4)c4c6ccccc6ccc4n5-c4ccccc4)cc3)cc2)c2ccc3c(c2)C(c2ccccc2)(c2ccccc2)c2ccccc2-3)cc1. The largest absolute Gasteiger partial charge is 0.310 e. The standard InChI is InChI=1S/C65H44N2/c1-5-18-50(19-6-1)65(51-20-7-2-8-21-51)60-28-16-15-27-57(60)58-40-39-55(44-61(58)65)66(52-22-9-3-10-23-52)54-37-33-46(34-38-54)45-29-31-47(32-30-45)49-36-41-62-59(43-49)64-56-26-14-13-17-48(56)35-42-63(64)67(62)53-24-11-4-12-25-53/h1-44H. The maximum atomic E-state index is 2.44. The average molecular weight is 853 g/mol.